The van der Waals surface area contributed by atoms with Crippen molar-refractivity contribution in [1.29, 1.82) is 0 Å². The molecule has 2 rings (SSSR count). The molecule has 1 aromatic heterocycles. The van der Waals surface area contributed by atoms with Crippen LogP contribution in [0.3, 0.4) is 0 Å². The van der Waals surface area contributed by atoms with Crippen molar-refractivity contribution in [3.8, 4) is 0 Å². The Morgan fingerprint density at radius 3 is 1.87 bits per heavy atom. The van der Waals surface area contributed by atoms with Crippen LogP contribution in [0.2, 0.25) is 0 Å². The molecule has 0 saturated carbocycles. The zero-order valence-corrected chi connectivity index (χ0v) is 17.7. The van der Waals surface area contributed by atoms with Gasteiger partial charge in [-0.2, -0.15) is 0 Å². The van der Waals surface area contributed by atoms with E-state index in [0.29, 0.717) is 0 Å². The van der Waals surface area contributed by atoms with Crippen molar-refractivity contribution in [3.05, 3.63) is 27.0 Å². The highest BCUT2D eigenvalue weighted by molar-refractivity contribution is 9.10. The molecule has 0 atom stereocenters. The van der Waals surface area contributed by atoms with Gasteiger partial charge in [-0.3, -0.25) is 14.3 Å². The number of hydrogen-bond donors (Lipinski definition) is 0. The molecule has 0 bridgehead atoms. The second kappa shape index (κ2) is 10.1. The Balaban J connectivity index is 0.00000112. The third kappa shape index (κ3) is 6.30. The van der Waals surface area contributed by atoms with Gasteiger partial charge in [0.2, 0.25) is 0 Å². The van der Waals surface area contributed by atoms with Gasteiger partial charge in [0.1, 0.15) is 5.82 Å². The Labute approximate surface area is 150 Å². The lowest BCUT2D eigenvalue weighted by atomic mass is 10.1. The highest BCUT2D eigenvalue weighted by Crippen LogP contribution is 2.21. The van der Waals surface area contributed by atoms with E-state index in [0.717, 1.165) is 36.5 Å². The van der Waals surface area contributed by atoms with Gasteiger partial charge >= 0.3 is 0 Å². The summed E-state index contributed by atoms with van der Waals surface area (Å²) in [5.41, 5.74) is 0.248. The Kier molecular flexibility index (Phi) is 9.78. The van der Waals surface area contributed by atoms with Gasteiger partial charge in [0.15, 0.2) is 0 Å². The van der Waals surface area contributed by atoms with Gasteiger partial charge in [-0.1, -0.05) is 43.6 Å². The number of rotatable bonds is 1. The predicted molar refractivity (Wildman–Crippen MR) is 106 cm³/mol. The number of anilines is 1. The molecule has 0 aliphatic carbocycles. The molecule has 1 aliphatic heterocycles. The molecule has 0 spiro atoms. The van der Waals surface area contributed by atoms with E-state index >= 15 is 0 Å². The van der Waals surface area contributed by atoms with E-state index in [1.165, 1.54) is 0 Å². The lowest BCUT2D eigenvalue weighted by Gasteiger charge is -2.43. The molecule has 0 N–H and O–H groups in total. The summed E-state index contributed by atoms with van der Waals surface area (Å²) >= 11 is 3.41. The monoisotopic (exact) mass is 387 g/mol. The van der Waals surface area contributed by atoms with Crippen LogP contribution < -0.4 is 10.5 Å². The maximum absolute atomic E-state index is 11.8. The molecule has 4 nitrogen and oxygen atoms in total. The summed E-state index contributed by atoms with van der Waals surface area (Å²) in [7, 11) is 1.83. The summed E-state index contributed by atoms with van der Waals surface area (Å²) in [6.45, 7) is 18.7. The van der Waals surface area contributed by atoms with Crippen molar-refractivity contribution in [2.45, 2.75) is 54.0 Å². The van der Waals surface area contributed by atoms with Crippen LogP contribution in [0.4, 0.5) is 5.82 Å². The summed E-state index contributed by atoms with van der Waals surface area (Å²) in [5.74, 6) is 0.993. The predicted octanol–water partition coefficient (Wildman–Crippen LogP) is 4.12. The van der Waals surface area contributed by atoms with Crippen molar-refractivity contribution >= 4 is 21.7 Å². The third-order valence-corrected chi connectivity index (χ3v) is 4.21. The van der Waals surface area contributed by atoms with E-state index < -0.39 is 0 Å². The maximum Gasteiger partial charge on any atom is 0.252 e. The van der Waals surface area contributed by atoms with Crippen molar-refractivity contribution in [2.75, 3.05) is 31.1 Å². The van der Waals surface area contributed by atoms with Crippen molar-refractivity contribution in [1.82, 2.24) is 9.47 Å². The maximum atomic E-state index is 11.8. The fraction of sp³-hybridized carbons (Fsp3) is 0.722. The van der Waals surface area contributed by atoms with Crippen molar-refractivity contribution in [3.63, 3.8) is 0 Å². The quantitative estimate of drug-likeness (QED) is 0.725. The molecular weight excluding hydrogens is 354 g/mol. The first-order valence-electron chi connectivity index (χ1n) is 8.65. The third-order valence-electron chi connectivity index (χ3n) is 3.75. The molecular formula is C18H34BrN3O. The topological polar surface area (TPSA) is 28.5 Å². The Morgan fingerprint density at radius 1 is 0.957 bits per heavy atom. The second-order valence-corrected chi connectivity index (χ2v) is 6.99. The van der Waals surface area contributed by atoms with E-state index in [1.54, 1.807) is 10.6 Å². The van der Waals surface area contributed by atoms with Crippen LogP contribution in [-0.4, -0.2) is 41.2 Å². The standard InChI is InChI=1S/C14H22BrN3O.2C2H6/c1-14(2,3)18-7-5-17(6-8-18)12-9-11(15)10-13(19)16(12)4;2*1-2/h9-10H,5-8H2,1-4H3;2*1-2H3. The van der Waals surface area contributed by atoms with E-state index in [4.69, 9.17) is 0 Å². The van der Waals surface area contributed by atoms with Gasteiger partial charge in [-0.15, -0.1) is 0 Å². The van der Waals surface area contributed by atoms with Crippen LogP contribution in [-0.2, 0) is 7.05 Å². The fourth-order valence-electron chi connectivity index (χ4n) is 2.50. The zero-order chi connectivity index (χ0) is 18.2. The Hall–Kier alpha value is -0.810. The van der Waals surface area contributed by atoms with Gasteiger partial charge in [0.25, 0.3) is 5.56 Å². The average molecular weight is 388 g/mol. The van der Waals surface area contributed by atoms with Crippen LogP contribution in [0.1, 0.15) is 48.5 Å². The average Bonchev–Trinajstić information content (AvgIpc) is 2.54. The van der Waals surface area contributed by atoms with Gasteiger partial charge in [0, 0.05) is 49.3 Å². The van der Waals surface area contributed by atoms with Gasteiger partial charge in [-0.05, 0) is 26.8 Å². The molecule has 0 radical (unpaired) electrons. The minimum Gasteiger partial charge on any atom is -0.355 e. The first-order valence-corrected chi connectivity index (χ1v) is 9.45. The van der Waals surface area contributed by atoms with Crippen LogP contribution >= 0.6 is 15.9 Å². The Bertz CT molecular complexity index is 512. The molecule has 23 heavy (non-hydrogen) atoms. The molecule has 2 heterocycles. The number of hydrogen-bond acceptors (Lipinski definition) is 3. The minimum absolute atomic E-state index is 0.0302. The number of pyridine rings is 1. The first kappa shape index (κ1) is 22.2. The molecule has 5 heteroatoms. The van der Waals surface area contributed by atoms with Crippen molar-refractivity contribution < 1.29 is 0 Å². The van der Waals surface area contributed by atoms with Crippen LogP contribution in [0.25, 0.3) is 0 Å². The van der Waals surface area contributed by atoms with Gasteiger partial charge < -0.3 is 4.90 Å². The lowest BCUT2D eigenvalue weighted by molar-refractivity contribution is 0.128. The van der Waals surface area contributed by atoms with E-state index in [-0.39, 0.29) is 11.1 Å². The van der Waals surface area contributed by atoms with Gasteiger partial charge in [0.05, 0.1) is 0 Å². The molecule has 1 aliphatic rings. The summed E-state index contributed by atoms with van der Waals surface area (Å²) in [6.07, 6.45) is 0. The molecule has 0 aromatic carbocycles. The van der Waals surface area contributed by atoms with Crippen molar-refractivity contribution in [2.24, 2.45) is 7.05 Å². The molecule has 1 saturated heterocycles. The summed E-state index contributed by atoms with van der Waals surface area (Å²) in [5, 5.41) is 0. The summed E-state index contributed by atoms with van der Waals surface area (Å²) < 4.78 is 2.57. The number of piperazine rings is 1. The molecule has 134 valence electrons. The number of aromatic nitrogens is 1. The molecule has 0 amide bonds. The minimum atomic E-state index is 0.0302. The van der Waals surface area contributed by atoms with Crippen LogP contribution in [0.5, 0.6) is 0 Å². The summed E-state index contributed by atoms with van der Waals surface area (Å²) in [4.78, 5) is 16.6. The zero-order valence-electron chi connectivity index (χ0n) is 16.1. The Morgan fingerprint density at radius 2 is 1.43 bits per heavy atom. The largest absolute Gasteiger partial charge is 0.355 e. The smallest absolute Gasteiger partial charge is 0.252 e. The summed E-state index contributed by atoms with van der Waals surface area (Å²) in [6, 6.07) is 3.63. The highest BCUT2D eigenvalue weighted by atomic mass is 79.9. The highest BCUT2D eigenvalue weighted by Gasteiger charge is 2.26. The normalized spacial score (nSPS) is 15.3. The lowest BCUT2D eigenvalue weighted by Crippen LogP contribution is -2.54. The van der Waals surface area contributed by atoms with Crippen LogP contribution in [0, 0.1) is 0 Å². The SMILES string of the molecule is CC.CC.Cn1c(N2CCN(C(C)(C)C)CC2)cc(Br)cc1=O. The molecule has 0 unspecified atom stereocenters. The number of nitrogens with zero attached hydrogens (tertiary/aromatic N) is 3. The fourth-order valence-corrected chi connectivity index (χ4v) is 2.90. The van der Waals surface area contributed by atoms with Crippen LogP contribution in [0.15, 0.2) is 21.4 Å². The first-order chi connectivity index (χ1) is 10.8. The van der Waals surface area contributed by atoms with Gasteiger partial charge in [-0.25, -0.2) is 0 Å². The molecule has 1 fully saturated rings. The van der Waals surface area contributed by atoms with E-state index in [9.17, 15) is 4.79 Å². The molecule has 1 aromatic rings. The van der Waals surface area contributed by atoms with E-state index in [1.807, 2.05) is 40.8 Å². The number of halogens is 1. The second-order valence-electron chi connectivity index (χ2n) is 6.07. The van der Waals surface area contributed by atoms with E-state index in [2.05, 4.69) is 46.5 Å².